The van der Waals surface area contributed by atoms with Gasteiger partial charge in [0.25, 0.3) is 0 Å². The number of hydrogen-bond donors (Lipinski definition) is 0. The van der Waals surface area contributed by atoms with Crippen LogP contribution in [0.4, 0.5) is 0 Å². The zero-order valence-electron chi connectivity index (χ0n) is 10.9. The Kier molecular flexibility index (Phi) is 3.99. The molecule has 0 bridgehead atoms. The molecule has 1 aromatic heterocycles. The van der Waals surface area contributed by atoms with E-state index < -0.39 is 0 Å². The minimum atomic E-state index is 0.442. The van der Waals surface area contributed by atoms with Crippen LogP contribution >= 0.6 is 23.2 Å². The summed E-state index contributed by atoms with van der Waals surface area (Å²) in [6, 6.07) is 5.97. The van der Waals surface area contributed by atoms with E-state index in [0.29, 0.717) is 10.9 Å². The maximum Gasteiger partial charge on any atom is 0.124 e. The molecule has 0 unspecified atom stereocenters. The van der Waals surface area contributed by atoms with E-state index >= 15 is 0 Å². The summed E-state index contributed by atoms with van der Waals surface area (Å²) in [6.07, 6.45) is 6.74. The van der Waals surface area contributed by atoms with Crippen molar-refractivity contribution in [3.8, 4) is 0 Å². The normalized spacial score (nSPS) is 17.2. The SMILES string of the molecule is ClCc1nc2c(Cl)cccc2n1CC1CCCCC1. The van der Waals surface area contributed by atoms with Crippen molar-refractivity contribution in [1.82, 2.24) is 9.55 Å². The van der Waals surface area contributed by atoms with Gasteiger partial charge in [0.05, 0.1) is 16.4 Å². The Labute approximate surface area is 123 Å². The standard InChI is InChI=1S/C15H18Cl2N2/c16-9-14-18-15-12(17)7-4-8-13(15)19(14)10-11-5-2-1-3-6-11/h4,7-8,11H,1-3,5-6,9-10H2. The summed E-state index contributed by atoms with van der Waals surface area (Å²) in [5.41, 5.74) is 2.00. The van der Waals surface area contributed by atoms with Gasteiger partial charge in [0, 0.05) is 6.54 Å². The second-order valence-corrected chi connectivity index (χ2v) is 6.06. The first-order chi connectivity index (χ1) is 9.29. The molecule has 2 aromatic rings. The number of halogens is 2. The van der Waals surface area contributed by atoms with Gasteiger partial charge in [0.2, 0.25) is 0 Å². The molecule has 3 rings (SSSR count). The molecule has 1 aliphatic carbocycles. The van der Waals surface area contributed by atoms with Crippen molar-refractivity contribution in [3.63, 3.8) is 0 Å². The largest absolute Gasteiger partial charge is 0.327 e. The summed E-state index contributed by atoms with van der Waals surface area (Å²) in [7, 11) is 0. The first-order valence-electron chi connectivity index (χ1n) is 6.99. The number of benzene rings is 1. The van der Waals surface area contributed by atoms with Crippen LogP contribution in [0.5, 0.6) is 0 Å². The number of fused-ring (bicyclic) bond motifs is 1. The number of para-hydroxylation sites is 1. The number of hydrogen-bond acceptors (Lipinski definition) is 1. The summed E-state index contributed by atoms with van der Waals surface area (Å²) >= 11 is 12.3. The van der Waals surface area contributed by atoms with E-state index in [1.54, 1.807) is 0 Å². The van der Waals surface area contributed by atoms with Crippen LogP contribution in [-0.4, -0.2) is 9.55 Å². The summed E-state index contributed by atoms with van der Waals surface area (Å²) in [5.74, 6) is 2.14. The first-order valence-corrected chi connectivity index (χ1v) is 7.90. The number of alkyl halides is 1. The molecule has 0 spiro atoms. The number of rotatable bonds is 3. The first kappa shape index (κ1) is 13.3. The Morgan fingerprint density at radius 3 is 2.74 bits per heavy atom. The number of nitrogens with zero attached hydrogens (tertiary/aromatic N) is 2. The van der Waals surface area contributed by atoms with Crippen LogP contribution in [0.1, 0.15) is 37.9 Å². The molecule has 0 radical (unpaired) electrons. The maximum atomic E-state index is 6.22. The van der Waals surface area contributed by atoms with E-state index in [1.165, 1.54) is 32.1 Å². The Bertz CT molecular complexity index is 571. The van der Waals surface area contributed by atoms with E-state index in [1.807, 2.05) is 12.1 Å². The third-order valence-corrected chi connectivity index (χ3v) is 4.64. The quantitative estimate of drug-likeness (QED) is 0.728. The molecule has 0 amide bonds. The van der Waals surface area contributed by atoms with Crippen LogP contribution in [0, 0.1) is 5.92 Å². The summed E-state index contributed by atoms with van der Waals surface area (Å²) in [4.78, 5) is 4.60. The molecule has 0 saturated heterocycles. The van der Waals surface area contributed by atoms with Gasteiger partial charge in [-0.05, 0) is 30.9 Å². The van der Waals surface area contributed by atoms with Gasteiger partial charge >= 0.3 is 0 Å². The van der Waals surface area contributed by atoms with Crippen LogP contribution in [0.2, 0.25) is 5.02 Å². The van der Waals surface area contributed by atoms with Gasteiger partial charge in [-0.25, -0.2) is 4.98 Å². The van der Waals surface area contributed by atoms with Crippen molar-refractivity contribution in [2.45, 2.75) is 44.5 Å². The zero-order chi connectivity index (χ0) is 13.2. The molecule has 1 heterocycles. The highest BCUT2D eigenvalue weighted by atomic mass is 35.5. The predicted molar refractivity (Wildman–Crippen MR) is 80.9 cm³/mol. The van der Waals surface area contributed by atoms with Crippen molar-refractivity contribution >= 4 is 34.2 Å². The average Bonchev–Trinajstić information content (AvgIpc) is 2.80. The molecule has 0 atom stereocenters. The van der Waals surface area contributed by atoms with E-state index in [9.17, 15) is 0 Å². The van der Waals surface area contributed by atoms with Crippen LogP contribution in [-0.2, 0) is 12.4 Å². The van der Waals surface area contributed by atoms with Gasteiger partial charge in [-0.2, -0.15) is 0 Å². The second kappa shape index (κ2) is 5.72. The lowest BCUT2D eigenvalue weighted by Gasteiger charge is -2.23. The smallest absolute Gasteiger partial charge is 0.124 e. The predicted octanol–water partition coefficient (Wildman–Crippen LogP) is 5.01. The van der Waals surface area contributed by atoms with Crippen LogP contribution in [0.15, 0.2) is 18.2 Å². The van der Waals surface area contributed by atoms with Crippen molar-refractivity contribution in [1.29, 1.82) is 0 Å². The lowest BCUT2D eigenvalue weighted by molar-refractivity contribution is 0.320. The van der Waals surface area contributed by atoms with Gasteiger partial charge < -0.3 is 4.57 Å². The fourth-order valence-electron chi connectivity index (χ4n) is 3.09. The zero-order valence-corrected chi connectivity index (χ0v) is 12.4. The third-order valence-electron chi connectivity index (χ3n) is 4.09. The number of imidazole rings is 1. The molecule has 1 saturated carbocycles. The van der Waals surface area contributed by atoms with Crippen molar-refractivity contribution in [2.24, 2.45) is 5.92 Å². The van der Waals surface area contributed by atoms with Crippen LogP contribution in [0.25, 0.3) is 11.0 Å². The highest BCUT2D eigenvalue weighted by molar-refractivity contribution is 6.35. The van der Waals surface area contributed by atoms with Crippen LogP contribution < -0.4 is 0 Å². The van der Waals surface area contributed by atoms with E-state index in [2.05, 4.69) is 15.6 Å². The Balaban J connectivity index is 1.98. The fourth-order valence-corrected chi connectivity index (χ4v) is 3.51. The number of aromatic nitrogens is 2. The second-order valence-electron chi connectivity index (χ2n) is 5.38. The average molecular weight is 297 g/mol. The van der Waals surface area contributed by atoms with E-state index in [-0.39, 0.29) is 0 Å². The summed E-state index contributed by atoms with van der Waals surface area (Å²) in [5, 5.41) is 0.714. The lowest BCUT2D eigenvalue weighted by Crippen LogP contribution is -2.15. The molecular formula is C15H18Cl2N2. The molecule has 4 heteroatoms. The minimum absolute atomic E-state index is 0.442. The van der Waals surface area contributed by atoms with Crippen molar-refractivity contribution < 1.29 is 0 Å². The maximum absolute atomic E-state index is 6.22. The molecule has 0 aliphatic heterocycles. The third kappa shape index (κ3) is 2.61. The molecule has 0 N–H and O–H groups in total. The van der Waals surface area contributed by atoms with Gasteiger partial charge in [-0.15, -0.1) is 11.6 Å². The molecule has 102 valence electrons. The van der Waals surface area contributed by atoms with E-state index in [0.717, 1.165) is 29.3 Å². The molecule has 1 aromatic carbocycles. The molecular weight excluding hydrogens is 279 g/mol. The Morgan fingerprint density at radius 1 is 1.21 bits per heavy atom. The minimum Gasteiger partial charge on any atom is -0.327 e. The van der Waals surface area contributed by atoms with E-state index in [4.69, 9.17) is 23.2 Å². The Morgan fingerprint density at radius 2 is 2.00 bits per heavy atom. The molecule has 1 aliphatic rings. The van der Waals surface area contributed by atoms with Crippen molar-refractivity contribution in [2.75, 3.05) is 0 Å². The summed E-state index contributed by atoms with van der Waals surface area (Å²) < 4.78 is 2.27. The van der Waals surface area contributed by atoms with Gasteiger partial charge in [-0.3, -0.25) is 0 Å². The summed E-state index contributed by atoms with van der Waals surface area (Å²) in [6.45, 7) is 1.03. The lowest BCUT2D eigenvalue weighted by atomic mass is 9.89. The van der Waals surface area contributed by atoms with Crippen molar-refractivity contribution in [3.05, 3.63) is 29.0 Å². The topological polar surface area (TPSA) is 17.8 Å². The Hall–Kier alpha value is -0.730. The van der Waals surface area contributed by atoms with Gasteiger partial charge in [-0.1, -0.05) is 36.9 Å². The molecule has 1 fully saturated rings. The monoisotopic (exact) mass is 296 g/mol. The highest BCUT2D eigenvalue weighted by Gasteiger charge is 2.18. The highest BCUT2D eigenvalue weighted by Crippen LogP contribution is 2.29. The van der Waals surface area contributed by atoms with Gasteiger partial charge in [0.15, 0.2) is 0 Å². The van der Waals surface area contributed by atoms with Crippen LogP contribution in [0.3, 0.4) is 0 Å². The molecule has 19 heavy (non-hydrogen) atoms. The van der Waals surface area contributed by atoms with Gasteiger partial charge in [0.1, 0.15) is 11.3 Å². The molecule has 2 nitrogen and oxygen atoms in total. The fraction of sp³-hybridized carbons (Fsp3) is 0.533.